The maximum atomic E-state index is 13.4. The van der Waals surface area contributed by atoms with Crippen LogP contribution in [0.5, 0.6) is 0 Å². The molecule has 0 saturated heterocycles. The highest BCUT2D eigenvalue weighted by Crippen LogP contribution is 2.41. The summed E-state index contributed by atoms with van der Waals surface area (Å²) in [6.07, 6.45) is -5.67. The first-order chi connectivity index (χ1) is 16.5. The van der Waals surface area contributed by atoms with Crippen LogP contribution in [-0.4, -0.2) is 39.2 Å². The van der Waals surface area contributed by atoms with Crippen molar-refractivity contribution in [3.8, 4) is 0 Å². The third kappa shape index (κ3) is 4.68. The number of ether oxygens (including phenoxy) is 1. The maximum Gasteiger partial charge on any atom is 0.451 e. The molecule has 13 heteroatoms. The highest BCUT2D eigenvalue weighted by atomic mass is 35.5. The molecule has 2 aliphatic rings. The van der Waals surface area contributed by atoms with Crippen LogP contribution in [0.25, 0.3) is 10.9 Å². The van der Waals surface area contributed by atoms with Gasteiger partial charge in [-0.25, -0.2) is 4.98 Å². The Balaban J connectivity index is 1.64. The van der Waals surface area contributed by atoms with Gasteiger partial charge in [-0.1, -0.05) is 23.8 Å². The van der Waals surface area contributed by atoms with Gasteiger partial charge in [-0.2, -0.15) is 36.3 Å². The Bertz CT molecular complexity index is 1260. The van der Waals surface area contributed by atoms with E-state index in [0.717, 1.165) is 16.5 Å². The molecule has 0 bridgehead atoms. The summed E-state index contributed by atoms with van der Waals surface area (Å²) in [5.41, 5.74) is 2.32. The van der Waals surface area contributed by atoms with Crippen molar-refractivity contribution in [1.29, 1.82) is 0 Å². The molecule has 2 atom stereocenters. The average Bonchev–Trinajstić information content (AvgIpc) is 3.17. The number of fused-ring (bicyclic) bond motifs is 3. The zero-order valence-electron chi connectivity index (χ0n) is 17.9. The average molecular weight is 518 g/mol. The zero-order chi connectivity index (χ0) is 25.0. The van der Waals surface area contributed by atoms with Gasteiger partial charge in [0.2, 0.25) is 17.6 Å². The topological polar surface area (TPSA) is 66.9 Å². The third-order valence-corrected chi connectivity index (χ3v) is 6.32. The second kappa shape index (κ2) is 8.66. The van der Waals surface area contributed by atoms with Gasteiger partial charge in [0, 0.05) is 28.2 Å². The molecule has 0 radical (unpaired) electrons. The number of halogens is 7. The molecule has 1 N–H and O–H groups in total. The summed E-state index contributed by atoms with van der Waals surface area (Å²) < 4.78 is 86.2. The summed E-state index contributed by atoms with van der Waals surface area (Å²) in [6, 6.07) is 4.60. The number of nitrogens with one attached hydrogen (secondary N) is 1. The van der Waals surface area contributed by atoms with Gasteiger partial charge in [-0.3, -0.25) is 0 Å². The minimum atomic E-state index is -5.18. The fraction of sp³-hybridized carbons (Fsp3) is 0.409. The maximum absolute atomic E-state index is 13.4. The van der Waals surface area contributed by atoms with Gasteiger partial charge in [0.1, 0.15) is 0 Å². The van der Waals surface area contributed by atoms with Crippen LogP contribution < -0.4 is 4.90 Å². The Labute approximate surface area is 200 Å². The van der Waals surface area contributed by atoms with Crippen LogP contribution in [0.1, 0.15) is 41.8 Å². The van der Waals surface area contributed by atoms with Gasteiger partial charge in [0.25, 0.3) is 0 Å². The van der Waals surface area contributed by atoms with Crippen molar-refractivity contribution in [2.45, 2.75) is 43.8 Å². The smallest absolute Gasteiger partial charge is 0.374 e. The first-order valence-corrected chi connectivity index (χ1v) is 11.1. The lowest BCUT2D eigenvalue weighted by molar-refractivity contribution is -0.155. The number of anilines is 1. The van der Waals surface area contributed by atoms with Crippen molar-refractivity contribution in [2.75, 3.05) is 18.1 Å². The first-order valence-electron chi connectivity index (χ1n) is 10.7. The van der Waals surface area contributed by atoms with E-state index in [1.807, 2.05) is 12.2 Å². The standard InChI is InChI=1S/C22H18ClF6N5O/c23-11-4-5-15-14(9-11)13-6-7-34(16(17(13)30-15)10-12-3-1-2-8-35-12)20-32-18(21(24,25)26)31-19(33-20)22(27,28)29/h1-2,4-5,9,12,16,30H,3,6-8,10H2/t12-,16+/m1/s1. The molecule has 0 unspecified atom stereocenters. The number of rotatable bonds is 3. The summed E-state index contributed by atoms with van der Waals surface area (Å²) in [5, 5.41) is 1.37. The van der Waals surface area contributed by atoms with Crippen molar-refractivity contribution < 1.29 is 31.1 Å². The van der Waals surface area contributed by atoms with Crippen LogP contribution in [0.15, 0.2) is 30.4 Å². The number of benzene rings is 1. The van der Waals surface area contributed by atoms with E-state index in [1.54, 1.807) is 18.2 Å². The van der Waals surface area contributed by atoms with E-state index in [9.17, 15) is 26.3 Å². The summed E-state index contributed by atoms with van der Waals surface area (Å²) in [6.45, 7) is 0.465. The number of H-pyrrole nitrogens is 1. The molecule has 0 saturated carbocycles. The number of aromatic amines is 1. The summed E-state index contributed by atoms with van der Waals surface area (Å²) in [5.74, 6) is -4.46. The third-order valence-electron chi connectivity index (χ3n) is 6.08. The molecular formula is C22H18ClF6N5O. The van der Waals surface area contributed by atoms with E-state index in [2.05, 4.69) is 19.9 Å². The molecule has 0 aliphatic carbocycles. The Hall–Kier alpha value is -2.86. The van der Waals surface area contributed by atoms with Crippen molar-refractivity contribution >= 4 is 28.5 Å². The van der Waals surface area contributed by atoms with Gasteiger partial charge in [-0.05, 0) is 43.0 Å². The molecule has 0 spiro atoms. The van der Waals surface area contributed by atoms with Crippen molar-refractivity contribution in [1.82, 2.24) is 19.9 Å². The molecule has 4 heterocycles. The van der Waals surface area contributed by atoms with E-state index in [-0.39, 0.29) is 12.6 Å². The van der Waals surface area contributed by atoms with Crippen LogP contribution >= 0.6 is 11.6 Å². The second-order valence-electron chi connectivity index (χ2n) is 8.34. The van der Waals surface area contributed by atoms with E-state index >= 15 is 0 Å². The largest absolute Gasteiger partial charge is 0.451 e. The second-order valence-corrected chi connectivity index (χ2v) is 8.78. The van der Waals surface area contributed by atoms with Crippen LogP contribution in [0.3, 0.4) is 0 Å². The van der Waals surface area contributed by atoms with Crippen molar-refractivity contribution in [3.05, 3.63) is 58.3 Å². The highest BCUT2D eigenvalue weighted by molar-refractivity contribution is 6.31. The van der Waals surface area contributed by atoms with E-state index in [0.29, 0.717) is 36.6 Å². The Kier molecular flexibility index (Phi) is 5.91. The highest BCUT2D eigenvalue weighted by Gasteiger charge is 2.43. The summed E-state index contributed by atoms with van der Waals surface area (Å²) in [4.78, 5) is 14.1. The SMILES string of the molecule is FC(F)(F)c1nc(N2CCc3c([nH]c4ccc(Cl)cc34)[C@@H]2C[C@H]2CC=CCO2)nc(C(F)(F)F)n1. The fourth-order valence-corrected chi connectivity index (χ4v) is 4.73. The Morgan fingerprint density at radius 3 is 2.37 bits per heavy atom. The molecule has 1 aromatic carbocycles. The van der Waals surface area contributed by atoms with Crippen molar-refractivity contribution in [3.63, 3.8) is 0 Å². The van der Waals surface area contributed by atoms with Crippen LogP contribution in [0.4, 0.5) is 32.3 Å². The predicted octanol–water partition coefficient (Wildman–Crippen LogP) is 5.88. The quantitative estimate of drug-likeness (QED) is 0.347. The molecule has 35 heavy (non-hydrogen) atoms. The summed E-state index contributed by atoms with van der Waals surface area (Å²) >= 11 is 6.16. The van der Waals surface area contributed by atoms with E-state index in [1.165, 1.54) is 4.90 Å². The van der Waals surface area contributed by atoms with Crippen molar-refractivity contribution in [2.24, 2.45) is 0 Å². The monoisotopic (exact) mass is 517 g/mol. The molecule has 2 aliphatic heterocycles. The van der Waals surface area contributed by atoms with Crippen LogP contribution in [-0.2, 0) is 23.5 Å². The normalized spacial score (nSPS) is 20.9. The molecule has 5 rings (SSSR count). The Morgan fingerprint density at radius 1 is 1.03 bits per heavy atom. The van der Waals surface area contributed by atoms with Gasteiger partial charge in [-0.15, -0.1) is 0 Å². The van der Waals surface area contributed by atoms with Gasteiger partial charge < -0.3 is 14.6 Å². The fourth-order valence-electron chi connectivity index (χ4n) is 4.56. The number of hydrogen-bond donors (Lipinski definition) is 1. The van der Waals surface area contributed by atoms with Gasteiger partial charge in [0.05, 0.1) is 18.8 Å². The molecule has 6 nitrogen and oxygen atoms in total. The first kappa shape index (κ1) is 23.9. The molecule has 0 fully saturated rings. The van der Waals surface area contributed by atoms with Gasteiger partial charge in [0.15, 0.2) is 0 Å². The van der Waals surface area contributed by atoms with Crippen LogP contribution in [0, 0.1) is 0 Å². The van der Waals surface area contributed by atoms with E-state index in [4.69, 9.17) is 16.3 Å². The molecule has 3 aromatic rings. The zero-order valence-corrected chi connectivity index (χ0v) is 18.7. The minimum Gasteiger partial charge on any atom is -0.374 e. The molecule has 186 valence electrons. The number of aromatic nitrogens is 4. The van der Waals surface area contributed by atoms with Crippen LogP contribution in [0.2, 0.25) is 5.02 Å². The number of alkyl halides is 6. The van der Waals surface area contributed by atoms with E-state index < -0.39 is 36.0 Å². The number of hydrogen-bond acceptors (Lipinski definition) is 5. The lowest BCUT2D eigenvalue weighted by atomic mass is 9.92. The summed E-state index contributed by atoms with van der Waals surface area (Å²) in [7, 11) is 0. The Morgan fingerprint density at radius 2 is 1.74 bits per heavy atom. The lowest BCUT2D eigenvalue weighted by Crippen LogP contribution is -2.40. The molecule has 2 aromatic heterocycles. The molecular weight excluding hydrogens is 500 g/mol. The number of nitrogens with zero attached hydrogens (tertiary/aromatic N) is 4. The lowest BCUT2D eigenvalue weighted by Gasteiger charge is -2.38. The minimum absolute atomic E-state index is 0.0955. The molecule has 0 amide bonds. The predicted molar refractivity (Wildman–Crippen MR) is 115 cm³/mol. The van der Waals surface area contributed by atoms with Gasteiger partial charge >= 0.3 is 12.4 Å².